The Morgan fingerprint density at radius 3 is 2.44 bits per heavy atom. The summed E-state index contributed by atoms with van der Waals surface area (Å²) in [5.74, 6) is 0.0372. The fraction of sp³-hybridized carbons (Fsp3) is 0.125. The second kappa shape index (κ2) is 4.12. The fourth-order valence-electron chi connectivity index (χ4n) is 2.45. The smallest absolute Gasteiger partial charge is 0.193 e. The standard InChI is InChI=1S/C16H11NO/c17-10-11-5-6-13-8-7-12-3-1-2-4-14(12)16(18)15(13)9-11/h1-6,9H,7-8H2. The number of ketones is 1. The summed E-state index contributed by atoms with van der Waals surface area (Å²) in [5, 5.41) is 8.93. The number of hydrogen-bond donors (Lipinski definition) is 0. The zero-order valence-corrected chi connectivity index (χ0v) is 9.81. The van der Waals surface area contributed by atoms with Crippen molar-refractivity contribution >= 4 is 5.78 Å². The molecule has 1 aliphatic rings. The lowest BCUT2D eigenvalue weighted by atomic mass is 9.97. The van der Waals surface area contributed by atoms with Crippen LogP contribution in [0.1, 0.15) is 32.6 Å². The molecule has 2 nitrogen and oxygen atoms in total. The van der Waals surface area contributed by atoms with Crippen LogP contribution in [0.4, 0.5) is 0 Å². The number of rotatable bonds is 0. The van der Waals surface area contributed by atoms with E-state index in [9.17, 15) is 4.79 Å². The number of nitrogens with zero attached hydrogens (tertiary/aromatic N) is 1. The van der Waals surface area contributed by atoms with Gasteiger partial charge in [-0.15, -0.1) is 0 Å². The summed E-state index contributed by atoms with van der Waals surface area (Å²) in [7, 11) is 0. The van der Waals surface area contributed by atoms with Crippen molar-refractivity contribution < 1.29 is 4.79 Å². The molecule has 0 saturated heterocycles. The summed E-state index contributed by atoms with van der Waals surface area (Å²) < 4.78 is 0. The van der Waals surface area contributed by atoms with Crippen LogP contribution in [0, 0.1) is 11.3 Å². The molecule has 86 valence electrons. The number of nitriles is 1. The van der Waals surface area contributed by atoms with Crippen molar-refractivity contribution in [2.75, 3.05) is 0 Å². The zero-order chi connectivity index (χ0) is 12.5. The molecule has 2 aromatic carbocycles. The van der Waals surface area contributed by atoms with Gasteiger partial charge >= 0.3 is 0 Å². The maximum atomic E-state index is 12.5. The Morgan fingerprint density at radius 1 is 0.944 bits per heavy atom. The summed E-state index contributed by atoms with van der Waals surface area (Å²) in [6.45, 7) is 0. The van der Waals surface area contributed by atoms with Gasteiger partial charge in [0.15, 0.2) is 5.78 Å². The molecular formula is C16H11NO. The maximum Gasteiger partial charge on any atom is 0.193 e. The van der Waals surface area contributed by atoms with E-state index < -0.39 is 0 Å². The average Bonchev–Trinajstić information content (AvgIpc) is 2.57. The number of fused-ring (bicyclic) bond motifs is 2. The van der Waals surface area contributed by atoms with Gasteiger partial charge < -0.3 is 0 Å². The highest BCUT2D eigenvalue weighted by atomic mass is 16.1. The van der Waals surface area contributed by atoms with Gasteiger partial charge in [-0.25, -0.2) is 0 Å². The number of benzene rings is 2. The van der Waals surface area contributed by atoms with Crippen molar-refractivity contribution in [1.29, 1.82) is 5.26 Å². The monoisotopic (exact) mass is 233 g/mol. The van der Waals surface area contributed by atoms with Crippen LogP contribution in [0.3, 0.4) is 0 Å². The molecule has 2 heteroatoms. The highest BCUT2D eigenvalue weighted by Gasteiger charge is 2.20. The Morgan fingerprint density at radius 2 is 1.67 bits per heavy atom. The summed E-state index contributed by atoms with van der Waals surface area (Å²) in [5.41, 5.74) is 4.12. The molecule has 0 aliphatic heterocycles. The molecule has 0 saturated carbocycles. The number of carbonyl (C=O) groups is 1. The Hall–Kier alpha value is -2.40. The lowest BCUT2D eigenvalue weighted by Gasteiger charge is -2.05. The molecular weight excluding hydrogens is 222 g/mol. The van der Waals surface area contributed by atoms with Crippen LogP contribution in [0.25, 0.3) is 0 Å². The Kier molecular flexibility index (Phi) is 2.46. The van der Waals surface area contributed by atoms with E-state index in [0.717, 1.165) is 29.5 Å². The highest BCUT2D eigenvalue weighted by molar-refractivity contribution is 6.11. The van der Waals surface area contributed by atoms with E-state index >= 15 is 0 Å². The van der Waals surface area contributed by atoms with E-state index in [-0.39, 0.29) is 5.78 Å². The van der Waals surface area contributed by atoms with Crippen LogP contribution >= 0.6 is 0 Å². The molecule has 0 spiro atoms. The first-order valence-electron chi connectivity index (χ1n) is 5.95. The Labute approximate surface area is 105 Å². The van der Waals surface area contributed by atoms with E-state index in [1.54, 1.807) is 12.1 Å². The summed E-state index contributed by atoms with van der Waals surface area (Å²) in [6, 6.07) is 15.2. The van der Waals surface area contributed by atoms with Gasteiger partial charge in [0.2, 0.25) is 0 Å². The number of hydrogen-bond acceptors (Lipinski definition) is 2. The van der Waals surface area contributed by atoms with E-state index in [1.165, 1.54) is 0 Å². The summed E-state index contributed by atoms with van der Waals surface area (Å²) in [4.78, 5) is 12.5. The quantitative estimate of drug-likeness (QED) is 0.702. The van der Waals surface area contributed by atoms with Crippen molar-refractivity contribution in [2.45, 2.75) is 12.8 Å². The SMILES string of the molecule is N#Cc1ccc2c(c1)C(=O)c1ccccc1CC2. The van der Waals surface area contributed by atoms with Crippen LogP contribution in [-0.4, -0.2) is 5.78 Å². The molecule has 0 N–H and O–H groups in total. The lowest BCUT2D eigenvalue weighted by molar-refractivity contribution is 0.103. The third-order valence-electron chi connectivity index (χ3n) is 3.41. The normalized spacial score (nSPS) is 13.2. The van der Waals surface area contributed by atoms with Crippen LogP contribution in [0.15, 0.2) is 42.5 Å². The van der Waals surface area contributed by atoms with Gasteiger partial charge in [0, 0.05) is 11.1 Å². The second-order valence-corrected chi connectivity index (χ2v) is 4.47. The minimum Gasteiger partial charge on any atom is -0.289 e. The molecule has 2 aromatic rings. The molecule has 0 aromatic heterocycles. The minimum atomic E-state index is 0.0372. The molecule has 0 heterocycles. The fourth-order valence-corrected chi connectivity index (χ4v) is 2.45. The maximum absolute atomic E-state index is 12.5. The van der Waals surface area contributed by atoms with Crippen LogP contribution in [0.5, 0.6) is 0 Å². The molecule has 0 fully saturated rings. The zero-order valence-electron chi connectivity index (χ0n) is 9.81. The predicted molar refractivity (Wildman–Crippen MR) is 68.4 cm³/mol. The van der Waals surface area contributed by atoms with E-state index in [0.29, 0.717) is 11.1 Å². The summed E-state index contributed by atoms with van der Waals surface area (Å²) >= 11 is 0. The first kappa shape index (κ1) is 10.7. The molecule has 0 radical (unpaired) electrons. The predicted octanol–water partition coefficient (Wildman–Crippen LogP) is 2.89. The third kappa shape index (κ3) is 1.61. The van der Waals surface area contributed by atoms with Gasteiger partial charge in [0.1, 0.15) is 0 Å². The molecule has 3 rings (SSSR count). The van der Waals surface area contributed by atoms with Crippen molar-refractivity contribution in [2.24, 2.45) is 0 Å². The molecule has 18 heavy (non-hydrogen) atoms. The number of carbonyl (C=O) groups excluding carboxylic acids is 1. The summed E-state index contributed by atoms with van der Waals surface area (Å²) in [6.07, 6.45) is 1.73. The van der Waals surface area contributed by atoms with Gasteiger partial charge in [-0.05, 0) is 36.1 Å². The van der Waals surface area contributed by atoms with Crippen LogP contribution in [0.2, 0.25) is 0 Å². The van der Waals surface area contributed by atoms with Crippen molar-refractivity contribution in [3.05, 3.63) is 70.3 Å². The molecule has 1 aliphatic carbocycles. The van der Waals surface area contributed by atoms with Gasteiger partial charge in [-0.3, -0.25) is 4.79 Å². The average molecular weight is 233 g/mol. The second-order valence-electron chi connectivity index (χ2n) is 4.47. The molecule has 0 atom stereocenters. The Bertz CT molecular complexity index is 680. The first-order valence-corrected chi connectivity index (χ1v) is 5.95. The molecule has 0 unspecified atom stereocenters. The van der Waals surface area contributed by atoms with Gasteiger partial charge in [0.05, 0.1) is 11.6 Å². The van der Waals surface area contributed by atoms with E-state index in [4.69, 9.17) is 5.26 Å². The number of aryl methyl sites for hydroxylation is 2. The van der Waals surface area contributed by atoms with E-state index in [2.05, 4.69) is 6.07 Å². The molecule has 0 bridgehead atoms. The van der Waals surface area contributed by atoms with Crippen molar-refractivity contribution in [1.82, 2.24) is 0 Å². The van der Waals surface area contributed by atoms with Gasteiger partial charge in [-0.1, -0.05) is 30.3 Å². The Balaban J connectivity index is 2.21. The first-order chi connectivity index (χ1) is 8.79. The van der Waals surface area contributed by atoms with Crippen LogP contribution < -0.4 is 0 Å². The van der Waals surface area contributed by atoms with E-state index in [1.807, 2.05) is 30.3 Å². The van der Waals surface area contributed by atoms with Gasteiger partial charge in [-0.2, -0.15) is 5.26 Å². The lowest BCUT2D eigenvalue weighted by Crippen LogP contribution is -2.04. The van der Waals surface area contributed by atoms with Crippen molar-refractivity contribution in [3.63, 3.8) is 0 Å². The highest BCUT2D eigenvalue weighted by Crippen LogP contribution is 2.25. The van der Waals surface area contributed by atoms with Gasteiger partial charge in [0.25, 0.3) is 0 Å². The van der Waals surface area contributed by atoms with Crippen molar-refractivity contribution in [3.8, 4) is 6.07 Å². The topological polar surface area (TPSA) is 40.9 Å². The third-order valence-corrected chi connectivity index (χ3v) is 3.41. The largest absolute Gasteiger partial charge is 0.289 e. The molecule has 0 amide bonds. The minimum absolute atomic E-state index is 0.0372. The van der Waals surface area contributed by atoms with Crippen LogP contribution in [-0.2, 0) is 12.8 Å².